The fourth-order valence-corrected chi connectivity index (χ4v) is 1.58. The van der Waals surface area contributed by atoms with Crippen LogP contribution in [0.1, 0.15) is 40.0 Å². The maximum Gasteiger partial charge on any atom is 0.240 e. The van der Waals surface area contributed by atoms with E-state index in [1.807, 2.05) is 27.8 Å². The number of hydrogen-bond acceptors (Lipinski definition) is 2. The molecule has 1 aliphatic rings. The first-order chi connectivity index (χ1) is 5.90. The Morgan fingerprint density at radius 3 is 2.08 bits per heavy atom. The van der Waals surface area contributed by atoms with Crippen LogP contribution in [0.2, 0.25) is 0 Å². The normalized spacial score (nSPS) is 20.6. The first-order valence-corrected chi connectivity index (χ1v) is 4.91. The number of amides is 1. The summed E-state index contributed by atoms with van der Waals surface area (Å²) in [7, 11) is 1.86. The van der Waals surface area contributed by atoms with E-state index in [1.165, 1.54) is 0 Å². The Morgan fingerprint density at radius 1 is 1.31 bits per heavy atom. The Labute approximate surface area is 80.3 Å². The lowest BCUT2D eigenvalue weighted by Gasteiger charge is -2.41. The summed E-state index contributed by atoms with van der Waals surface area (Å²) >= 11 is 0. The minimum Gasteiger partial charge on any atom is -0.350 e. The Bertz CT molecular complexity index is 196. The molecule has 1 saturated carbocycles. The fourth-order valence-electron chi connectivity index (χ4n) is 1.58. The fraction of sp³-hybridized carbons (Fsp3) is 0.900. The summed E-state index contributed by atoms with van der Waals surface area (Å²) in [5.74, 6) is 0.147. The average molecular weight is 184 g/mol. The lowest BCUT2D eigenvalue weighted by atomic mass is 9.75. The molecule has 1 fully saturated rings. The predicted molar refractivity (Wildman–Crippen MR) is 53.5 cm³/mol. The van der Waals surface area contributed by atoms with Crippen molar-refractivity contribution in [3.05, 3.63) is 0 Å². The summed E-state index contributed by atoms with van der Waals surface area (Å²) in [4.78, 5) is 11.8. The van der Waals surface area contributed by atoms with E-state index >= 15 is 0 Å². The molecule has 0 aromatic carbocycles. The third kappa shape index (κ3) is 2.21. The van der Waals surface area contributed by atoms with Gasteiger partial charge in [-0.25, -0.2) is 0 Å². The molecule has 1 aliphatic carbocycles. The maximum atomic E-state index is 11.8. The van der Waals surface area contributed by atoms with E-state index in [4.69, 9.17) is 0 Å². The van der Waals surface area contributed by atoms with Gasteiger partial charge < -0.3 is 10.6 Å². The average Bonchev–Trinajstić information content (AvgIpc) is 1.80. The highest BCUT2D eigenvalue weighted by atomic mass is 16.2. The summed E-state index contributed by atoms with van der Waals surface area (Å²) in [6.07, 6.45) is 3.08. The molecule has 0 aromatic heterocycles. The number of rotatable bonds is 2. The van der Waals surface area contributed by atoms with Crippen LogP contribution in [0.4, 0.5) is 0 Å². The lowest BCUT2D eigenvalue weighted by molar-refractivity contribution is -0.132. The van der Waals surface area contributed by atoms with E-state index < -0.39 is 0 Å². The van der Waals surface area contributed by atoms with E-state index in [0.29, 0.717) is 0 Å². The Hall–Kier alpha value is -0.570. The third-order valence-electron chi connectivity index (χ3n) is 2.61. The van der Waals surface area contributed by atoms with Crippen LogP contribution in [0.25, 0.3) is 0 Å². The van der Waals surface area contributed by atoms with E-state index in [1.54, 1.807) is 0 Å². The highest BCUT2D eigenvalue weighted by Gasteiger charge is 2.43. The summed E-state index contributed by atoms with van der Waals surface area (Å²) in [6, 6.07) is 0. The van der Waals surface area contributed by atoms with Gasteiger partial charge in [-0.3, -0.25) is 4.79 Å². The van der Waals surface area contributed by atoms with Gasteiger partial charge in [0.25, 0.3) is 0 Å². The van der Waals surface area contributed by atoms with Crippen molar-refractivity contribution in [3.63, 3.8) is 0 Å². The van der Waals surface area contributed by atoms with Gasteiger partial charge in [-0.05, 0) is 47.1 Å². The monoisotopic (exact) mass is 184 g/mol. The molecule has 13 heavy (non-hydrogen) atoms. The molecule has 3 heteroatoms. The van der Waals surface area contributed by atoms with Crippen LogP contribution in [-0.2, 0) is 4.79 Å². The van der Waals surface area contributed by atoms with Gasteiger partial charge in [-0.1, -0.05) is 0 Å². The molecular weight excluding hydrogens is 164 g/mol. The van der Waals surface area contributed by atoms with Crippen molar-refractivity contribution in [3.8, 4) is 0 Å². The van der Waals surface area contributed by atoms with Crippen LogP contribution in [0.15, 0.2) is 0 Å². The summed E-state index contributed by atoms with van der Waals surface area (Å²) < 4.78 is 0. The first kappa shape index (κ1) is 10.5. The molecule has 3 nitrogen and oxygen atoms in total. The van der Waals surface area contributed by atoms with Crippen LogP contribution >= 0.6 is 0 Å². The molecule has 0 unspecified atom stereocenters. The molecule has 0 saturated heterocycles. The largest absolute Gasteiger partial charge is 0.350 e. The molecule has 0 aromatic rings. The molecule has 2 N–H and O–H groups in total. The van der Waals surface area contributed by atoms with Crippen LogP contribution in [0.5, 0.6) is 0 Å². The molecule has 1 amide bonds. The SMILES string of the molecule is CNC1(C(=O)NC(C)(C)C)CCC1. The van der Waals surface area contributed by atoms with Crippen molar-refractivity contribution in [2.75, 3.05) is 7.05 Å². The maximum absolute atomic E-state index is 11.8. The van der Waals surface area contributed by atoms with Crippen LogP contribution in [0, 0.1) is 0 Å². The van der Waals surface area contributed by atoms with Crippen LogP contribution in [0.3, 0.4) is 0 Å². The molecule has 76 valence electrons. The second kappa shape index (κ2) is 3.29. The minimum atomic E-state index is -0.271. The van der Waals surface area contributed by atoms with Crippen LogP contribution < -0.4 is 10.6 Å². The van der Waals surface area contributed by atoms with E-state index in [-0.39, 0.29) is 17.0 Å². The van der Waals surface area contributed by atoms with Gasteiger partial charge in [-0.2, -0.15) is 0 Å². The number of hydrogen-bond donors (Lipinski definition) is 2. The molecular formula is C10H20N2O. The molecule has 0 aliphatic heterocycles. The number of carbonyl (C=O) groups is 1. The second-order valence-electron chi connectivity index (χ2n) is 4.89. The molecule has 1 rings (SSSR count). The van der Waals surface area contributed by atoms with Gasteiger partial charge in [0.2, 0.25) is 5.91 Å². The Morgan fingerprint density at radius 2 is 1.85 bits per heavy atom. The molecule has 0 bridgehead atoms. The minimum absolute atomic E-state index is 0.128. The first-order valence-electron chi connectivity index (χ1n) is 4.91. The van der Waals surface area contributed by atoms with Gasteiger partial charge in [0.05, 0.1) is 5.54 Å². The molecule has 0 heterocycles. The highest BCUT2D eigenvalue weighted by molar-refractivity contribution is 5.87. The number of likely N-dealkylation sites (N-methyl/N-ethyl adjacent to an activating group) is 1. The van der Waals surface area contributed by atoms with Gasteiger partial charge in [0.15, 0.2) is 0 Å². The second-order valence-corrected chi connectivity index (χ2v) is 4.89. The Kier molecular flexibility index (Phi) is 2.66. The highest BCUT2D eigenvalue weighted by Crippen LogP contribution is 2.31. The van der Waals surface area contributed by atoms with E-state index in [2.05, 4.69) is 10.6 Å². The lowest BCUT2D eigenvalue weighted by Crippen LogP contribution is -2.62. The zero-order chi connectivity index (χ0) is 10.1. The zero-order valence-electron chi connectivity index (χ0n) is 9.03. The number of nitrogens with one attached hydrogen (secondary N) is 2. The molecule has 0 atom stereocenters. The molecule has 0 spiro atoms. The standard InChI is InChI=1S/C10H20N2O/c1-9(2,3)12-8(13)10(11-4)6-5-7-10/h11H,5-7H2,1-4H3,(H,12,13). The molecule has 0 radical (unpaired) electrons. The van der Waals surface area contributed by atoms with Crippen LogP contribution in [-0.4, -0.2) is 24.0 Å². The predicted octanol–water partition coefficient (Wildman–Crippen LogP) is 1.04. The van der Waals surface area contributed by atoms with Gasteiger partial charge in [-0.15, -0.1) is 0 Å². The topological polar surface area (TPSA) is 41.1 Å². The summed E-state index contributed by atoms with van der Waals surface area (Å²) in [5.41, 5.74) is -0.399. The van der Waals surface area contributed by atoms with Gasteiger partial charge in [0, 0.05) is 5.54 Å². The zero-order valence-corrected chi connectivity index (χ0v) is 9.03. The smallest absolute Gasteiger partial charge is 0.240 e. The van der Waals surface area contributed by atoms with Crippen molar-refractivity contribution in [2.45, 2.75) is 51.1 Å². The van der Waals surface area contributed by atoms with E-state index in [9.17, 15) is 4.79 Å². The van der Waals surface area contributed by atoms with Crippen molar-refractivity contribution >= 4 is 5.91 Å². The number of carbonyl (C=O) groups excluding carboxylic acids is 1. The van der Waals surface area contributed by atoms with E-state index in [0.717, 1.165) is 19.3 Å². The Balaban J connectivity index is 2.56. The van der Waals surface area contributed by atoms with Crippen molar-refractivity contribution in [1.82, 2.24) is 10.6 Å². The van der Waals surface area contributed by atoms with Crippen molar-refractivity contribution < 1.29 is 4.79 Å². The van der Waals surface area contributed by atoms with Gasteiger partial charge >= 0.3 is 0 Å². The summed E-state index contributed by atoms with van der Waals surface area (Å²) in [5, 5.41) is 6.14. The quantitative estimate of drug-likeness (QED) is 0.673. The van der Waals surface area contributed by atoms with Crippen molar-refractivity contribution in [1.29, 1.82) is 0 Å². The van der Waals surface area contributed by atoms with Crippen molar-refractivity contribution in [2.24, 2.45) is 0 Å². The summed E-state index contributed by atoms with van der Waals surface area (Å²) in [6.45, 7) is 6.02. The third-order valence-corrected chi connectivity index (χ3v) is 2.61. The van der Waals surface area contributed by atoms with Gasteiger partial charge in [0.1, 0.15) is 0 Å².